The Morgan fingerprint density at radius 3 is 3.06 bits per heavy atom. The summed E-state index contributed by atoms with van der Waals surface area (Å²) in [6.07, 6.45) is 3.12. The third-order valence-electron chi connectivity index (χ3n) is 2.08. The van der Waals surface area contributed by atoms with Crippen molar-refractivity contribution in [2.24, 2.45) is 0 Å². The van der Waals surface area contributed by atoms with Gasteiger partial charge < -0.3 is 14.9 Å². The van der Waals surface area contributed by atoms with Crippen molar-refractivity contribution in [1.82, 2.24) is 15.1 Å². The summed E-state index contributed by atoms with van der Waals surface area (Å²) in [5.41, 5.74) is 0.380. The van der Waals surface area contributed by atoms with E-state index in [1.807, 2.05) is 0 Å². The molecule has 0 fully saturated rings. The number of aliphatic hydroxyl groups excluding tert-OH is 1. The molecule has 2 N–H and O–H groups in total. The zero-order chi connectivity index (χ0) is 12.1. The first-order chi connectivity index (χ1) is 8.29. The molecule has 17 heavy (non-hydrogen) atoms. The van der Waals surface area contributed by atoms with Crippen molar-refractivity contribution < 1.29 is 14.0 Å². The van der Waals surface area contributed by atoms with E-state index in [0.717, 1.165) is 6.20 Å². The Hall–Kier alpha value is -2.02. The molecule has 0 bridgehead atoms. The molecule has 6 nitrogen and oxygen atoms in total. The van der Waals surface area contributed by atoms with Crippen LogP contribution >= 0.6 is 0 Å². The van der Waals surface area contributed by atoms with E-state index in [0.29, 0.717) is 24.5 Å². The molecule has 0 aromatic carbocycles. The number of aliphatic hydroxyl groups is 1. The van der Waals surface area contributed by atoms with E-state index in [1.54, 1.807) is 6.07 Å². The largest absolute Gasteiger partial charge is 0.387 e. The van der Waals surface area contributed by atoms with Gasteiger partial charge >= 0.3 is 0 Å². The molecule has 2 rings (SSSR count). The topological polar surface area (TPSA) is 84.1 Å². The minimum atomic E-state index is -0.406. The summed E-state index contributed by atoms with van der Waals surface area (Å²) in [7, 11) is 0. The lowest BCUT2D eigenvalue weighted by Crippen LogP contribution is -2.07. The van der Waals surface area contributed by atoms with E-state index in [-0.39, 0.29) is 12.5 Å². The second kappa shape index (κ2) is 5.35. The van der Waals surface area contributed by atoms with Crippen molar-refractivity contribution in [2.45, 2.75) is 13.0 Å². The fraction of sp³-hybridized carbons (Fsp3) is 0.300. The summed E-state index contributed by atoms with van der Waals surface area (Å²) in [6, 6.07) is 1.55. The monoisotopic (exact) mass is 238 g/mol. The summed E-state index contributed by atoms with van der Waals surface area (Å²) in [5, 5.41) is 15.3. The van der Waals surface area contributed by atoms with Crippen molar-refractivity contribution in [2.75, 3.05) is 11.9 Å². The number of aromatic nitrogens is 3. The zero-order valence-corrected chi connectivity index (χ0v) is 8.93. The molecule has 0 atom stereocenters. The molecule has 0 spiro atoms. The molecular formula is C10H11FN4O2. The van der Waals surface area contributed by atoms with Crippen molar-refractivity contribution in [3.05, 3.63) is 36.0 Å². The first kappa shape index (κ1) is 11.5. The number of anilines is 1. The van der Waals surface area contributed by atoms with E-state index < -0.39 is 5.82 Å². The zero-order valence-electron chi connectivity index (χ0n) is 8.93. The second-order valence-corrected chi connectivity index (χ2v) is 3.29. The van der Waals surface area contributed by atoms with Crippen LogP contribution in [0.1, 0.15) is 11.7 Å². The molecule has 0 saturated heterocycles. The summed E-state index contributed by atoms with van der Waals surface area (Å²) in [6.45, 7) is 0.185. The smallest absolute Gasteiger partial charge is 0.252 e. The molecule has 2 aromatic heterocycles. The maximum Gasteiger partial charge on any atom is 0.252 e. The molecular weight excluding hydrogens is 227 g/mol. The van der Waals surface area contributed by atoms with Gasteiger partial charge in [0.05, 0.1) is 11.9 Å². The molecule has 0 aliphatic heterocycles. The molecule has 2 aromatic rings. The van der Waals surface area contributed by atoms with E-state index >= 15 is 0 Å². The van der Waals surface area contributed by atoms with E-state index in [2.05, 4.69) is 20.4 Å². The number of pyridine rings is 1. The molecule has 0 saturated carbocycles. The molecule has 90 valence electrons. The fourth-order valence-electron chi connectivity index (χ4n) is 1.28. The van der Waals surface area contributed by atoms with Crippen LogP contribution in [0.15, 0.2) is 23.0 Å². The van der Waals surface area contributed by atoms with Crippen molar-refractivity contribution in [1.29, 1.82) is 0 Å². The van der Waals surface area contributed by atoms with Gasteiger partial charge in [0.2, 0.25) is 0 Å². The Morgan fingerprint density at radius 2 is 2.35 bits per heavy atom. The van der Waals surface area contributed by atoms with Gasteiger partial charge in [0, 0.05) is 19.2 Å². The molecule has 0 unspecified atom stereocenters. The Kier molecular flexibility index (Phi) is 3.61. The number of halogens is 1. The first-order valence-electron chi connectivity index (χ1n) is 5.05. The van der Waals surface area contributed by atoms with Gasteiger partial charge in [0.1, 0.15) is 6.61 Å². The first-order valence-corrected chi connectivity index (χ1v) is 5.05. The summed E-state index contributed by atoms with van der Waals surface area (Å²) >= 11 is 0. The number of nitrogens with zero attached hydrogens (tertiary/aromatic N) is 3. The van der Waals surface area contributed by atoms with Crippen LogP contribution < -0.4 is 5.32 Å². The molecule has 0 aliphatic rings. The normalized spacial score (nSPS) is 10.5. The van der Waals surface area contributed by atoms with Crippen LogP contribution in [0.5, 0.6) is 0 Å². The highest BCUT2D eigenvalue weighted by molar-refractivity contribution is 5.42. The van der Waals surface area contributed by atoms with Gasteiger partial charge in [0.15, 0.2) is 11.6 Å². The predicted octanol–water partition coefficient (Wildman–Crippen LogP) is 0.751. The summed E-state index contributed by atoms with van der Waals surface area (Å²) < 4.78 is 17.9. The Bertz CT molecular complexity index is 489. The van der Waals surface area contributed by atoms with Gasteiger partial charge in [-0.1, -0.05) is 5.16 Å². The van der Waals surface area contributed by atoms with E-state index in [1.165, 1.54) is 6.20 Å². The summed E-state index contributed by atoms with van der Waals surface area (Å²) in [5.74, 6) is 0.239. The van der Waals surface area contributed by atoms with Crippen LogP contribution in [0.25, 0.3) is 0 Å². The molecule has 0 aliphatic carbocycles. The SMILES string of the molecule is OCc1nc(CCNc2ccncc2F)no1. The third kappa shape index (κ3) is 2.97. The minimum absolute atomic E-state index is 0.176. The van der Waals surface area contributed by atoms with Crippen molar-refractivity contribution >= 4 is 5.69 Å². The van der Waals surface area contributed by atoms with Gasteiger partial charge in [-0.05, 0) is 6.07 Å². The van der Waals surface area contributed by atoms with E-state index in [4.69, 9.17) is 9.63 Å². The third-order valence-corrected chi connectivity index (χ3v) is 2.08. The van der Waals surface area contributed by atoms with Gasteiger partial charge in [-0.2, -0.15) is 4.98 Å². The van der Waals surface area contributed by atoms with Crippen LogP contribution in [0, 0.1) is 5.82 Å². The second-order valence-electron chi connectivity index (χ2n) is 3.29. The minimum Gasteiger partial charge on any atom is -0.387 e. The Labute approximate surface area is 96.5 Å². The summed E-state index contributed by atoms with van der Waals surface area (Å²) in [4.78, 5) is 7.55. The van der Waals surface area contributed by atoms with Gasteiger partial charge in [0.25, 0.3) is 5.89 Å². The van der Waals surface area contributed by atoms with Crippen LogP contribution in [0.4, 0.5) is 10.1 Å². The average molecular weight is 238 g/mol. The number of rotatable bonds is 5. The Balaban J connectivity index is 1.85. The average Bonchev–Trinajstić information content (AvgIpc) is 2.80. The highest BCUT2D eigenvalue weighted by atomic mass is 19.1. The molecule has 0 amide bonds. The molecule has 7 heteroatoms. The van der Waals surface area contributed by atoms with Crippen LogP contribution in [-0.4, -0.2) is 26.8 Å². The molecule has 2 heterocycles. The lowest BCUT2D eigenvalue weighted by atomic mass is 10.3. The van der Waals surface area contributed by atoms with Gasteiger partial charge in [-0.3, -0.25) is 4.98 Å². The van der Waals surface area contributed by atoms with Gasteiger partial charge in [-0.15, -0.1) is 0 Å². The lowest BCUT2D eigenvalue weighted by molar-refractivity contribution is 0.222. The van der Waals surface area contributed by atoms with Crippen LogP contribution in [0.2, 0.25) is 0 Å². The van der Waals surface area contributed by atoms with Crippen LogP contribution in [0.3, 0.4) is 0 Å². The van der Waals surface area contributed by atoms with Crippen molar-refractivity contribution in [3.63, 3.8) is 0 Å². The van der Waals surface area contributed by atoms with E-state index in [9.17, 15) is 4.39 Å². The highest BCUT2D eigenvalue weighted by Gasteiger charge is 2.05. The standard InChI is InChI=1S/C10H11FN4O2/c11-7-5-12-3-1-8(7)13-4-2-9-14-10(6-16)17-15-9/h1,3,5,16H,2,4,6H2,(H,12,13). The van der Waals surface area contributed by atoms with Crippen molar-refractivity contribution in [3.8, 4) is 0 Å². The van der Waals surface area contributed by atoms with Gasteiger partial charge in [-0.25, -0.2) is 4.39 Å². The maximum absolute atomic E-state index is 13.2. The molecule has 0 radical (unpaired) electrons. The number of hydrogen-bond acceptors (Lipinski definition) is 6. The lowest BCUT2D eigenvalue weighted by Gasteiger charge is -2.04. The fourth-order valence-corrected chi connectivity index (χ4v) is 1.28. The predicted molar refractivity (Wildman–Crippen MR) is 56.6 cm³/mol. The Morgan fingerprint density at radius 1 is 1.47 bits per heavy atom. The maximum atomic E-state index is 13.2. The quantitative estimate of drug-likeness (QED) is 0.799. The van der Waals surface area contributed by atoms with Crippen LogP contribution in [-0.2, 0) is 13.0 Å². The highest BCUT2D eigenvalue weighted by Crippen LogP contribution is 2.10. The number of nitrogens with one attached hydrogen (secondary N) is 1. The number of hydrogen-bond donors (Lipinski definition) is 2.